The maximum Gasteiger partial charge on any atom is 0.317 e. The summed E-state index contributed by atoms with van der Waals surface area (Å²) < 4.78 is 22.8. The van der Waals surface area contributed by atoms with Gasteiger partial charge in [-0.2, -0.15) is 0 Å². The smallest absolute Gasteiger partial charge is 0.317 e. The van der Waals surface area contributed by atoms with Crippen molar-refractivity contribution in [1.29, 1.82) is 0 Å². The number of aliphatic carboxylic acids is 1. The topological polar surface area (TPSA) is 77.9 Å². The molecule has 0 spiro atoms. The highest BCUT2D eigenvalue weighted by Gasteiger charge is 2.19. The summed E-state index contributed by atoms with van der Waals surface area (Å²) in [6.07, 6.45) is 1.19. The number of carboxylic acids is 1. The molecule has 0 bridgehead atoms. The molecule has 6 nitrogen and oxygen atoms in total. The quantitative estimate of drug-likeness (QED) is 0.861. The first kappa shape index (κ1) is 14.8. The molecule has 1 aromatic carbocycles. The first-order valence-corrected chi connectivity index (χ1v) is 8.24. The molecule has 1 aliphatic heterocycles. The molecular formula is C13H18N2O4S. The summed E-state index contributed by atoms with van der Waals surface area (Å²) in [5.74, 6) is -0.809. The van der Waals surface area contributed by atoms with Crippen LogP contribution in [0.4, 0.5) is 5.69 Å². The predicted octanol–water partition coefficient (Wildman–Crippen LogP) is 0.297. The van der Waals surface area contributed by atoms with Crippen molar-refractivity contribution in [2.45, 2.75) is 4.90 Å². The third kappa shape index (κ3) is 3.71. The molecule has 0 aliphatic carbocycles. The van der Waals surface area contributed by atoms with Gasteiger partial charge in [0.2, 0.25) is 0 Å². The summed E-state index contributed by atoms with van der Waals surface area (Å²) >= 11 is 0. The minimum atomic E-state index is -3.16. The van der Waals surface area contributed by atoms with Crippen molar-refractivity contribution < 1.29 is 18.3 Å². The van der Waals surface area contributed by atoms with Crippen LogP contribution in [0, 0.1) is 0 Å². The third-order valence-electron chi connectivity index (χ3n) is 3.36. The zero-order valence-corrected chi connectivity index (χ0v) is 12.1. The van der Waals surface area contributed by atoms with Crippen LogP contribution in [0.3, 0.4) is 0 Å². The molecule has 1 aromatic rings. The Kier molecular flexibility index (Phi) is 4.29. The Bertz CT molecular complexity index is 575. The van der Waals surface area contributed by atoms with Crippen LogP contribution in [-0.4, -0.2) is 63.4 Å². The van der Waals surface area contributed by atoms with Crippen molar-refractivity contribution >= 4 is 21.5 Å². The molecule has 1 aliphatic rings. The van der Waals surface area contributed by atoms with E-state index in [1.54, 1.807) is 24.3 Å². The minimum absolute atomic E-state index is 0.0703. The number of hydrogen-bond donors (Lipinski definition) is 1. The second-order valence-electron chi connectivity index (χ2n) is 4.92. The molecule has 0 aromatic heterocycles. The van der Waals surface area contributed by atoms with Gasteiger partial charge in [-0.15, -0.1) is 0 Å². The van der Waals surface area contributed by atoms with Crippen LogP contribution in [0.5, 0.6) is 0 Å². The molecule has 1 saturated heterocycles. The van der Waals surface area contributed by atoms with E-state index in [2.05, 4.69) is 4.90 Å². The van der Waals surface area contributed by atoms with Crippen LogP contribution in [0.2, 0.25) is 0 Å². The number of benzene rings is 1. The van der Waals surface area contributed by atoms with Crippen molar-refractivity contribution in [2.75, 3.05) is 43.9 Å². The van der Waals surface area contributed by atoms with Crippen LogP contribution < -0.4 is 4.90 Å². The monoisotopic (exact) mass is 298 g/mol. The Hall–Kier alpha value is -1.60. The number of sulfone groups is 1. The van der Waals surface area contributed by atoms with Gasteiger partial charge in [-0.3, -0.25) is 9.69 Å². The number of rotatable bonds is 4. The number of nitrogens with zero attached hydrogens (tertiary/aromatic N) is 2. The highest BCUT2D eigenvalue weighted by Crippen LogP contribution is 2.19. The summed E-state index contributed by atoms with van der Waals surface area (Å²) in [7, 11) is -3.16. The number of hydrogen-bond acceptors (Lipinski definition) is 5. The molecule has 0 atom stereocenters. The van der Waals surface area contributed by atoms with E-state index in [9.17, 15) is 13.2 Å². The Morgan fingerprint density at radius 2 is 1.70 bits per heavy atom. The summed E-state index contributed by atoms with van der Waals surface area (Å²) in [5, 5.41) is 8.74. The Morgan fingerprint density at radius 1 is 1.15 bits per heavy atom. The first-order valence-electron chi connectivity index (χ1n) is 6.35. The van der Waals surface area contributed by atoms with Crippen molar-refractivity contribution in [3.8, 4) is 0 Å². The lowest BCUT2D eigenvalue weighted by Crippen LogP contribution is -2.47. The van der Waals surface area contributed by atoms with E-state index in [4.69, 9.17) is 5.11 Å². The van der Waals surface area contributed by atoms with Crippen LogP contribution in [0.25, 0.3) is 0 Å². The van der Waals surface area contributed by atoms with Crippen LogP contribution >= 0.6 is 0 Å². The number of piperazine rings is 1. The summed E-state index contributed by atoms with van der Waals surface area (Å²) in [6, 6.07) is 6.80. The normalized spacial score (nSPS) is 17.1. The second kappa shape index (κ2) is 5.80. The van der Waals surface area contributed by atoms with Gasteiger partial charge >= 0.3 is 5.97 Å². The Balaban J connectivity index is 1.99. The molecule has 2 rings (SSSR count). The van der Waals surface area contributed by atoms with Crippen molar-refractivity contribution in [3.63, 3.8) is 0 Å². The van der Waals surface area contributed by atoms with Gasteiger partial charge in [0.1, 0.15) is 0 Å². The fraction of sp³-hybridized carbons (Fsp3) is 0.462. The molecule has 20 heavy (non-hydrogen) atoms. The van der Waals surface area contributed by atoms with Gasteiger partial charge in [-0.25, -0.2) is 8.42 Å². The third-order valence-corrected chi connectivity index (χ3v) is 4.49. The summed E-state index contributed by atoms with van der Waals surface area (Å²) in [6.45, 7) is 2.94. The SMILES string of the molecule is CS(=O)(=O)c1ccc(N2CCN(CC(=O)O)CC2)cc1. The van der Waals surface area contributed by atoms with E-state index in [1.165, 1.54) is 6.26 Å². The molecule has 110 valence electrons. The molecule has 1 fully saturated rings. The molecule has 7 heteroatoms. The van der Waals surface area contributed by atoms with Gasteiger partial charge in [-0.1, -0.05) is 0 Å². The van der Waals surface area contributed by atoms with E-state index >= 15 is 0 Å². The average Bonchev–Trinajstić information content (AvgIpc) is 2.38. The summed E-state index contributed by atoms with van der Waals surface area (Å²) in [5.41, 5.74) is 0.965. The number of anilines is 1. The lowest BCUT2D eigenvalue weighted by Gasteiger charge is -2.35. The summed E-state index contributed by atoms with van der Waals surface area (Å²) in [4.78, 5) is 15.0. The number of carboxylic acid groups (broad SMARTS) is 1. The first-order chi connectivity index (χ1) is 9.36. The highest BCUT2D eigenvalue weighted by molar-refractivity contribution is 7.90. The van der Waals surface area contributed by atoms with Crippen molar-refractivity contribution in [2.24, 2.45) is 0 Å². The zero-order chi connectivity index (χ0) is 14.8. The lowest BCUT2D eigenvalue weighted by molar-refractivity contribution is -0.138. The van der Waals surface area contributed by atoms with Gasteiger partial charge in [0.15, 0.2) is 9.84 Å². The highest BCUT2D eigenvalue weighted by atomic mass is 32.2. The van der Waals surface area contributed by atoms with Gasteiger partial charge in [0.05, 0.1) is 11.4 Å². The van der Waals surface area contributed by atoms with E-state index in [0.29, 0.717) is 18.0 Å². The molecule has 1 heterocycles. The number of carbonyl (C=O) groups is 1. The van der Waals surface area contributed by atoms with E-state index < -0.39 is 15.8 Å². The van der Waals surface area contributed by atoms with Gasteiger partial charge in [-0.05, 0) is 24.3 Å². The fourth-order valence-electron chi connectivity index (χ4n) is 2.26. The molecule has 1 N–H and O–H groups in total. The largest absolute Gasteiger partial charge is 0.480 e. The van der Waals surface area contributed by atoms with Crippen LogP contribution in [0.15, 0.2) is 29.2 Å². The molecule has 0 saturated carbocycles. The molecule has 0 amide bonds. The maximum absolute atomic E-state index is 11.4. The van der Waals surface area contributed by atoms with E-state index in [0.717, 1.165) is 18.8 Å². The van der Waals surface area contributed by atoms with Gasteiger partial charge < -0.3 is 10.0 Å². The van der Waals surface area contributed by atoms with Crippen LogP contribution in [-0.2, 0) is 14.6 Å². The van der Waals surface area contributed by atoms with Crippen molar-refractivity contribution in [3.05, 3.63) is 24.3 Å². The maximum atomic E-state index is 11.4. The predicted molar refractivity (Wildman–Crippen MR) is 75.8 cm³/mol. The Morgan fingerprint density at radius 3 is 2.15 bits per heavy atom. The zero-order valence-electron chi connectivity index (χ0n) is 11.3. The Labute approximate surface area is 118 Å². The minimum Gasteiger partial charge on any atom is -0.480 e. The van der Waals surface area contributed by atoms with Gasteiger partial charge in [0, 0.05) is 38.1 Å². The second-order valence-corrected chi connectivity index (χ2v) is 6.94. The molecule has 0 unspecified atom stereocenters. The van der Waals surface area contributed by atoms with E-state index in [-0.39, 0.29) is 6.54 Å². The van der Waals surface area contributed by atoms with Crippen molar-refractivity contribution in [1.82, 2.24) is 4.90 Å². The average molecular weight is 298 g/mol. The van der Waals surface area contributed by atoms with E-state index in [1.807, 2.05) is 4.90 Å². The molecular weight excluding hydrogens is 280 g/mol. The van der Waals surface area contributed by atoms with Gasteiger partial charge in [0.25, 0.3) is 0 Å². The lowest BCUT2D eigenvalue weighted by atomic mass is 10.2. The standard InChI is InChI=1S/C13H18N2O4S/c1-20(18,19)12-4-2-11(3-5-12)15-8-6-14(7-9-15)10-13(16)17/h2-5H,6-10H2,1H3,(H,16,17). The van der Waals surface area contributed by atoms with Crippen LogP contribution in [0.1, 0.15) is 0 Å². The fourth-order valence-corrected chi connectivity index (χ4v) is 2.89. The molecule has 0 radical (unpaired) electrons.